The van der Waals surface area contributed by atoms with E-state index in [0.717, 1.165) is 18.4 Å². The molecule has 23 heavy (non-hydrogen) atoms. The Morgan fingerprint density at radius 3 is 2.39 bits per heavy atom. The lowest BCUT2D eigenvalue weighted by atomic mass is 9.87. The Morgan fingerprint density at radius 2 is 1.87 bits per heavy atom. The maximum absolute atomic E-state index is 11.8. The van der Waals surface area contributed by atoms with E-state index in [1.54, 1.807) is 19.1 Å². The van der Waals surface area contributed by atoms with Gasteiger partial charge >= 0.3 is 6.03 Å². The van der Waals surface area contributed by atoms with E-state index < -0.39 is 24.1 Å². The number of aliphatic hydroxyl groups is 1. The highest BCUT2D eigenvalue weighted by Gasteiger charge is 2.30. The van der Waals surface area contributed by atoms with Gasteiger partial charge in [0.25, 0.3) is 0 Å². The van der Waals surface area contributed by atoms with Crippen LogP contribution < -0.4 is 11.1 Å². The van der Waals surface area contributed by atoms with Crippen molar-refractivity contribution in [1.29, 1.82) is 0 Å². The molecule has 2 atom stereocenters. The Labute approximate surface area is 140 Å². The number of benzene rings is 1. The van der Waals surface area contributed by atoms with Crippen molar-refractivity contribution in [3.63, 3.8) is 0 Å². The Balaban J connectivity index is 1.89. The highest BCUT2D eigenvalue weighted by atomic mass is 35.5. The number of carbonyl (C=O) groups excluding carboxylic acids is 2. The molecule has 0 aromatic heterocycles. The fourth-order valence-corrected chi connectivity index (χ4v) is 3.07. The van der Waals surface area contributed by atoms with Gasteiger partial charge in [-0.2, -0.15) is 0 Å². The van der Waals surface area contributed by atoms with Crippen LogP contribution in [-0.2, 0) is 4.79 Å². The molecular weight excluding hydrogens is 318 g/mol. The number of aliphatic hydroxyl groups excluding tert-OH is 1. The van der Waals surface area contributed by atoms with Crippen LogP contribution in [0.3, 0.4) is 0 Å². The molecule has 4 N–H and O–H groups in total. The van der Waals surface area contributed by atoms with Gasteiger partial charge in [-0.25, -0.2) is 4.79 Å². The van der Waals surface area contributed by atoms with Gasteiger partial charge in [0, 0.05) is 5.02 Å². The van der Waals surface area contributed by atoms with Crippen molar-refractivity contribution < 1.29 is 14.7 Å². The Hall–Kier alpha value is -1.63. The minimum Gasteiger partial charge on any atom is -0.388 e. The molecular formula is C16H22ClN3O3. The van der Waals surface area contributed by atoms with Crippen molar-refractivity contribution in [1.82, 2.24) is 10.2 Å². The first-order chi connectivity index (χ1) is 10.9. The summed E-state index contributed by atoms with van der Waals surface area (Å²) in [4.78, 5) is 24.5. The van der Waals surface area contributed by atoms with E-state index >= 15 is 0 Å². The van der Waals surface area contributed by atoms with E-state index in [1.807, 2.05) is 17.0 Å². The lowest BCUT2D eigenvalue weighted by Gasteiger charge is -2.36. The summed E-state index contributed by atoms with van der Waals surface area (Å²) in [5.41, 5.74) is 5.82. The van der Waals surface area contributed by atoms with Gasteiger partial charge in [-0.05, 0) is 56.5 Å². The summed E-state index contributed by atoms with van der Waals surface area (Å²) < 4.78 is 0. The number of hydrogen-bond donors (Lipinski definition) is 3. The maximum atomic E-state index is 11.8. The highest BCUT2D eigenvalue weighted by molar-refractivity contribution is 6.30. The number of imide groups is 1. The number of amides is 3. The molecule has 126 valence electrons. The van der Waals surface area contributed by atoms with E-state index in [9.17, 15) is 14.7 Å². The van der Waals surface area contributed by atoms with E-state index in [2.05, 4.69) is 5.32 Å². The van der Waals surface area contributed by atoms with Crippen LogP contribution in [0, 0.1) is 5.92 Å². The van der Waals surface area contributed by atoms with Gasteiger partial charge in [0.2, 0.25) is 5.91 Å². The Bertz CT molecular complexity index is 556. The number of primary amides is 1. The number of nitrogens with one attached hydrogen (secondary N) is 1. The number of halogens is 1. The number of nitrogens with two attached hydrogens (primary N) is 1. The standard InChI is InChI=1S/C16H22ClN3O3/c1-10(15(22)19-16(18)23)20-8-6-12(7-9-20)14(21)11-2-4-13(17)5-3-11/h2-5,10,12,14,21H,6-9H2,1H3,(H3,18,19,22,23). The first-order valence-corrected chi connectivity index (χ1v) is 8.04. The van der Waals surface area contributed by atoms with Crippen LogP contribution in [0.1, 0.15) is 31.4 Å². The molecule has 2 rings (SSSR count). The molecule has 0 radical (unpaired) electrons. The summed E-state index contributed by atoms with van der Waals surface area (Å²) in [5, 5.41) is 13.2. The number of rotatable bonds is 4. The van der Waals surface area contributed by atoms with Crippen LogP contribution in [0.2, 0.25) is 5.02 Å². The van der Waals surface area contributed by atoms with Crippen LogP contribution >= 0.6 is 11.6 Å². The number of piperidine rings is 1. The van der Waals surface area contributed by atoms with Crippen molar-refractivity contribution in [2.24, 2.45) is 11.7 Å². The van der Waals surface area contributed by atoms with Gasteiger partial charge in [0.05, 0.1) is 12.1 Å². The topological polar surface area (TPSA) is 95.7 Å². The van der Waals surface area contributed by atoms with Crippen molar-refractivity contribution in [2.75, 3.05) is 13.1 Å². The van der Waals surface area contributed by atoms with Gasteiger partial charge < -0.3 is 10.8 Å². The van der Waals surface area contributed by atoms with Gasteiger partial charge in [-0.15, -0.1) is 0 Å². The largest absolute Gasteiger partial charge is 0.388 e. The lowest BCUT2D eigenvalue weighted by Crippen LogP contribution is -2.50. The van der Waals surface area contributed by atoms with Crippen LogP contribution in [0.5, 0.6) is 0 Å². The van der Waals surface area contributed by atoms with Gasteiger partial charge in [0.1, 0.15) is 0 Å². The maximum Gasteiger partial charge on any atom is 0.318 e. The molecule has 1 fully saturated rings. The lowest BCUT2D eigenvalue weighted by molar-refractivity contribution is -0.125. The van der Waals surface area contributed by atoms with Gasteiger partial charge in [0.15, 0.2) is 0 Å². The van der Waals surface area contributed by atoms with Crippen LogP contribution in [0.15, 0.2) is 24.3 Å². The third kappa shape index (κ3) is 4.67. The first-order valence-electron chi connectivity index (χ1n) is 7.66. The average molecular weight is 340 g/mol. The molecule has 7 heteroatoms. The normalized spacial score (nSPS) is 19.1. The zero-order valence-corrected chi connectivity index (χ0v) is 13.8. The number of carbonyl (C=O) groups is 2. The summed E-state index contributed by atoms with van der Waals surface area (Å²) in [6.07, 6.45) is 1.01. The summed E-state index contributed by atoms with van der Waals surface area (Å²) in [6, 6.07) is 5.95. The van der Waals surface area contributed by atoms with Crippen LogP contribution in [-0.4, -0.2) is 41.1 Å². The number of urea groups is 1. The molecule has 1 aromatic carbocycles. The fourth-order valence-electron chi connectivity index (χ4n) is 2.95. The van der Waals surface area contributed by atoms with E-state index in [-0.39, 0.29) is 5.92 Å². The molecule has 2 unspecified atom stereocenters. The molecule has 3 amide bonds. The Kier molecular flexibility index (Phi) is 5.98. The van der Waals surface area contributed by atoms with Crippen molar-refractivity contribution >= 4 is 23.5 Å². The van der Waals surface area contributed by atoms with Gasteiger partial charge in [-0.3, -0.25) is 15.0 Å². The molecule has 1 aliphatic heterocycles. The molecule has 0 aliphatic carbocycles. The van der Waals surface area contributed by atoms with E-state index in [0.29, 0.717) is 18.1 Å². The molecule has 0 saturated carbocycles. The zero-order valence-electron chi connectivity index (χ0n) is 13.0. The number of nitrogens with zero attached hydrogens (tertiary/aromatic N) is 1. The summed E-state index contributed by atoms with van der Waals surface area (Å²) in [5.74, 6) is -0.256. The fraction of sp³-hybridized carbons (Fsp3) is 0.500. The molecule has 1 aliphatic rings. The number of likely N-dealkylation sites (tertiary alicyclic amines) is 1. The van der Waals surface area contributed by atoms with Crippen molar-refractivity contribution in [2.45, 2.75) is 31.9 Å². The monoisotopic (exact) mass is 339 g/mol. The second-order valence-electron chi connectivity index (χ2n) is 5.90. The van der Waals surface area contributed by atoms with Crippen LogP contribution in [0.4, 0.5) is 4.79 Å². The van der Waals surface area contributed by atoms with Crippen molar-refractivity contribution in [3.05, 3.63) is 34.9 Å². The van der Waals surface area contributed by atoms with Crippen LogP contribution in [0.25, 0.3) is 0 Å². The van der Waals surface area contributed by atoms with Gasteiger partial charge in [-0.1, -0.05) is 23.7 Å². The SMILES string of the molecule is CC(C(=O)NC(N)=O)N1CCC(C(O)c2ccc(Cl)cc2)CC1. The highest BCUT2D eigenvalue weighted by Crippen LogP contribution is 2.31. The van der Waals surface area contributed by atoms with E-state index in [1.165, 1.54) is 0 Å². The minimum absolute atomic E-state index is 0.138. The average Bonchev–Trinajstić information content (AvgIpc) is 2.53. The molecule has 0 bridgehead atoms. The molecule has 1 saturated heterocycles. The minimum atomic E-state index is -0.838. The predicted molar refractivity (Wildman–Crippen MR) is 87.9 cm³/mol. The third-order valence-corrected chi connectivity index (χ3v) is 4.66. The van der Waals surface area contributed by atoms with E-state index in [4.69, 9.17) is 17.3 Å². The Morgan fingerprint density at radius 1 is 1.30 bits per heavy atom. The molecule has 0 spiro atoms. The molecule has 1 heterocycles. The number of hydrogen-bond acceptors (Lipinski definition) is 4. The molecule has 1 aromatic rings. The van der Waals surface area contributed by atoms with Crippen molar-refractivity contribution in [3.8, 4) is 0 Å². The summed E-state index contributed by atoms with van der Waals surface area (Å²) in [7, 11) is 0. The zero-order chi connectivity index (χ0) is 17.0. The third-order valence-electron chi connectivity index (χ3n) is 4.41. The summed E-state index contributed by atoms with van der Waals surface area (Å²) in [6.45, 7) is 3.11. The first kappa shape index (κ1) is 17.7. The quantitative estimate of drug-likeness (QED) is 0.777. The second kappa shape index (κ2) is 7.77. The smallest absolute Gasteiger partial charge is 0.318 e. The summed E-state index contributed by atoms with van der Waals surface area (Å²) >= 11 is 5.86. The predicted octanol–water partition coefficient (Wildman–Crippen LogP) is 1.67. The molecule has 6 nitrogen and oxygen atoms in total. The second-order valence-corrected chi connectivity index (χ2v) is 6.34.